The molecule has 20 heavy (non-hydrogen) atoms. The smallest absolute Gasteiger partial charge is 0.320 e. The molecule has 3 N–H and O–H groups in total. The molecule has 0 amide bonds. The number of sulfone groups is 1. The Labute approximate surface area is 118 Å². The summed E-state index contributed by atoms with van der Waals surface area (Å²) in [4.78, 5) is 13.0. The highest BCUT2D eigenvalue weighted by Crippen LogP contribution is 2.19. The van der Waals surface area contributed by atoms with Gasteiger partial charge in [-0.25, -0.2) is 8.42 Å². The maximum atomic E-state index is 12.2. The second kappa shape index (κ2) is 5.80. The second-order valence-electron chi connectivity index (χ2n) is 4.92. The monoisotopic (exact) mass is 298 g/mol. The molecule has 0 bridgehead atoms. The van der Waals surface area contributed by atoms with E-state index in [0.717, 1.165) is 6.42 Å². The molecule has 1 heterocycles. The van der Waals surface area contributed by atoms with Crippen molar-refractivity contribution in [2.45, 2.75) is 23.8 Å². The third-order valence-electron chi connectivity index (χ3n) is 3.54. The van der Waals surface area contributed by atoms with Gasteiger partial charge in [0.25, 0.3) is 0 Å². The van der Waals surface area contributed by atoms with Crippen molar-refractivity contribution >= 4 is 21.5 Å². The zero-order valence-electron chi connectivity index (χ0n) is 11.0. The molecule has 0 radical (unpaired) electrons. The molecule has 0 spiro atoms. The fraction of sp³-hybridized carbons (Fsp3) is 0.462. The highest BCUT2D eigenvalue weighted by atomic mass is 32.2. The molecule has 1 aromatic rings. The Morgan fingerprint density at radius 3 is 2.60 bits per heavy atom. The number of nitrogens with two attached hydrogens (primary N) is 1. The van der Waals surface area contributed by atoms with Crippen LogP contribution in [0.1, 0.15) is 12.8 Å². The third kappa shape index (κ3) is 3.29. The van der Waals surface area contributed by atoms with Crippen LogP contribution in [0, 0.1) is 0 Å². The number of nitrogens with zero attached hydrogens (tertiary/aromatic N) is 1. The Balaban J connectivity index is 2.02. The molecule has 0 saturated carbocycles. The average molecular weight is 298 g/mol. The third-order valence-corrected chi connectivity index (χ3v) is 5.25. The fourth-order valence-corrected chi connectivity index (χ4v) is 3.67. The van der Waals surface area contributed by atoms with E-state index in [1.807, 2.05) is 0 Å². The molecule has 1 aromatic carbocycles. The van der Waals surface area contributed by atoms with Crippen molar-refractivity contribution in [3.05, 3.63) is 24.3 Å². The summed E-state index contributed by atoms with van der Waals surface area (Å²) in [6.45, 7) is 0.873. The minimum atomic E-state index is -3.40. The Morgan fingerprint density at radius 2 is 2.00 bits per heavy atom. The van der Waals surface area contributed by atoms with Gasteiger partial charge in [-0.3, -0.25) is 9.69 Å². The number of hydrogen-bond acceptors (Lipinski definition) is 5. The average Bonchev–Trinajstić information content (AvgIpc) is 2.85. The molecule has 1 fully saturated rings. The van der Waals surface area contributed by atoms with E-state index in [1.54, 1.807) is 17.0 Å². The SMILES string of the molecule is Nc1ccc(S(=O)(=O)CCN2CCCC2C(=O)O)cc1. The summed E-state index contributed by atoms with van der Waals surface area (Å²) in [7, 11) is -3.40. The van der Waals surface area contributed by atoms with Gasteiger partial charge in [0.05, 0.1) is 10.6 Å². The van der Waals surface area contributed by atoms with Crippen molar-refractivity contribution in [1.82, 2.24) is 4.90 Å². The van der Waals surface area contributed by atoms with Crippen LogP contribution in [0.4, 0.5) is 5.69 Å². The molecule has 1 atom stereocenters. The van der Waals surface area contributed by atoms with Crippen LogP contribution in [0.5, 0.6) is 0 Å². The van der Waals surface area contributed by atoms with Gasteiger partial charge in [0, 0.05) is 12.2 Å². The first kappa shape index (κ1) is 14.8. The van der Waals surface area contributed by atoms with Gasteiger partial charge in [0.15, 0.2) is 9.84 Å². The van der Waals surface area contributed by atoms with E-state index in [9.17, 15) is 13.2 Å². The van der Waals surface area contributed by atoms with Gasteiger partial charge in [-0.1, -0.05) is 0 Å². The number of carbonyl (C=O) groups is 1. The van der Waals surface area contributed by atoms with Crippen molar-refractivity contribution in [3.8, 4) is 0 Å². The van der Waals surface area contributed by atoms with E-state index in [2.05, 4.69) is 0 Å². The Kier molecular flexibility index (Phi) is 4.29. The number of carboxylic acid groups (broad SMARTS) is 1. The van der Waals surface area contributed by atoms with E-state index < -0.39 is 21.8 Å². The Hall–Kier alpha value is -1.60. The molecule has 1 aliphatic rings. The molecule has 110 valence electrons. The van der Waals surface area contributed by atoms with Gasteiger partial charge in [-0.15, -0.1) is 0 Å². The lowest BCUT2D eigenvalue weighted by molar-refractivity contribution is -0.142. The lowest BCUT2D eigenvalue weighted by Crippen LogP contribution is -2.38. The zero-order valence-corrected chi connectivity index (χ0v) is 11.8. The minimum Gasteiger partial charge on any atom is -0.480 e. The standard InChI is InChI=1S/C13H18N2O4S/c14-10-3-5-11(6-4-10)20(18,19)9-8-15-7-1-2-12(15)13(16)17/h3-6,12H,1-2,7-9,14H2,(H,16,17). The summed E-state index contributed by atoms with van der Waals surface area (Å²) < 4.78 is 24.3. The van der Waals surface area contributed by atoms with Crippen LogP contribution in [0.15, 0.2) is 29.2 Å². The normalized spacial score (nSPS) is 20.1. The van der Waals surface area contributed by atoms with E-state index in [0.29, 0.717) is 18.7 Å². The second-order valence-corrected chi connectivity index (χ2v) is 7.03. The summed E-state index contributed by atoms with van der Waals surface area (Å²) in [6, 6.07) is 5.48. The van der Waals surface area contributed by atoms with Gasteiger partial charge in [-0.2, -0.15) is 0 Å². The Bertz CT molecular complexity index is 583. The van der Waals surface area contributed by atoms with Crippen molar-refractivity contribution in [2.24, 2.45) is 0 Å². The maximum Gasteiger partial charge on any atom is 0.320 e. The molecule has 6 nitrogen and oxygen atoms in total. The van der Waals surface area contributed by atoms with E-state index in [-0.39, 0.29) is 17.2 Å². The van der Waals surface area contributed by atoms with Gasteiger partial charge < -0.3 is 10.8 Å². The summed E-state index contributed by atoms with van der Waals surface area (Å²) >= 11 is 0. The number of benzene rings is 1. The number of rotatable bonds is 5. The lowest BCUT2D eigenvalue weighted by atomic mass is 10.2. The first-order chi connectivity index (χ1) is 9.40. The maximum absolute atomic E-state index is 12.2. The quantitative estimate of drug-likeness (QED) is 0.772. The molecule has 0 aliphatic carbocycles. The largest absolute Gasteiger partial charge is 0.480 e. The topological polar surface area (TPSA) is 101 Å². The van der Waals surface area contributed by atoms with Crippen molar-refractivity contribution < 1.29 is 18.3 Å². The molecular weight excluding hydrogens is 280 g/mol. The molecular formula is C13H18N2O4S. The predicted octanol–water partition coefficient (Wildman–Crippen LogP) is 0.591. The zero-order chi connectivity index (χ0) is 14.8. The van der Waals surface area contributed by atoms with Gasteiger partial charge in [-0.05, 0) is 43.7 Å². The summed E-state index contributed by atoms with van der Waals surface area (Å²) in [5.74, 6) is -0.965. The first-order valence-corrected chi connectivity index (χ1v) is 8.10. The van der Waals surface area contributed by atoms with Crippen LogP contribution in [-0.2, 0) is 14.6 Å². The summed E-state index contributed by atoms with van der Waals surface area (Å²) in [6.07, 6.45) is 1.37. The van der Waals surface area contributed by atoms with Crippen LogP contribution in [0.3, 0.4) is 0 Å². The predicted molar refractivity (Wildman–Crippen MR) is 75.1 cm³/mol. The summed E-state index contributed by atoms with van der Waals surface area (Å²) in [5, 5.41) is 9.06. The number of hydrogen-bond donors (Lipinski definition) is 2. The fourth-order valence-electron chi connectivity index (χ4n) is 2.40. The number of likely N-dealkylation sites (tertiary alicyclic amines) is 1. The van der Waals surface area contributed by atoms with Crippen LogP contribution >= 0.6 is 0 Å². The number of carboxylic acids is 1. The first-order valence-electron chi connectivity index (χ1n) is 6.45. The molecule has 1 aliphatic heterocycles. The van der Waals surface area contributed by atoms with E-state index in [4.69, 9.17) is 10.8 Å². The van der Waals surface area contributed by atoms with Crippen molar-refractivity contribution in [2.75, 3.05) is 24.6 Å². The lowest BCUT2D eigenvalue weighted by Gasteiger charge is -2.20. The van der Waals surface area contributed by atoms with Crippen LogP contribution in [-0.4, -0.2) is 49.3 Å². The van der Waals surface area contributed by atoms with Crippen LogP contribution in [0.2, 0.25) is 0 Å². The number of anilines is 1. The van der Waals surface area contributed by atoms with Gasteiger partial charge in [0.1, 0.15) is 6.04 Å². The van der Waals surface area contributed by atoms with Crippen LogP contribution < -0.4 is 5.73 Å². The molecule has 0 aromatic heterocycles. The molecule has 1 saturated heterocycles. The van der Waals surface area contributed by atoms with E-state index in [1.165, 1.54) is 12.1 Å². The number of aliphatic carboxylic acids is 1. The van der Waals surface area contributed by atoms with Crippen molar-refractivity contribution in [3.63, 3.8) is 0 Å². The molecule has 2 rings (SSSR count). The van der Waals surface area contributed by atoms with Crippen molar-refractivity contribution in [1.29, 1.82) is 0 Å². The Morgan fingerprint density at radius 1 is 1.35 bits per heavy atom. The molecule has 1 unspecified atom stereocenters. The summed E-state index contributed by atoms with van der Waals surface area (Å²) in [5.41, 5.74) is 6.04. The highest BCUT2D eigenvalue weighted by molar-refractivity contribution is 7.91. The van der Waals surface area contributed by atoms with Gasteiger partial charge >= 0.3 is 5.97 Å². The highest BCUT2D eigenvalue weighted by Gasteiger charge is 2.31. The molecule has 7 heteroatoms. The van der Waals surface area contributed by atoms with E-state index >= 15 is 0 Å². The minimum absolute atomic E-state index is 0.0826. The van der Waals surface area contributed by atoms with Crippen LogP contribution in [0.25, 0.3) is 0 Å². The number of nitrogen functional groups attached to an aromatic ring is 1. The van der Waals surface area contributed by atoms with Gasteiger partial charge in [0.2, 0.25) is 0 Å².